The number of thiazole rings is 1. The van der Waals surface area contributed by atoms with Crippen molar-refractivity contribution in [2.45, 2.75) is 44.1 Å². The Hall–Kier alpha value is -7.03. The van der Waals surface area contributed by atoms with Crippen LogP contribution in [0.25, 0.3) is 11.1 Å². The Morgan fingerprint density at radius 3 is 2.27 bits per heavy atom. The highest BCUT2D eigenvalue weighted by molar-refractivity contribution is 7.13. The number of benzene rings is 4. The summed E-state index contributed by atoms with van der Waals surface area (Å²) in [6, 6.07) is 26.8. The fourth-order valence-corrected chi connectivity index (χ4v) is 9.83. The van der Waals surface area contributed by atoms with Gasteiger partial charge in [0.2, 0.25) is 17.7 Å². The number of nitrogens with one attached hydrogen (secondary N) is 3. The third kappa shape index (κ3) is 10.7. The van der Waals surface area contributed by atoms with Crippen molar-refractivity contribution in [1.82, 2.24) is 25.0 Å². The molecule has 19 heteroatoms. The summed E-state index contributed by atoms with van der Waals surface area (Å²) in [7, 11) is 0. The van der Waals surface area contributed by atoms with Gasteiger partial charge in [-0.25, -0.2) is 4.98 Å². The first kappa shape index (κ1) is 48.0. The topological polar surface area (TPSA) is 212 Å². The molecule has 5 aromatic rings. The number of nitrogens with zero attached hydrogens (tertiary/aromatic N) is 5. The number of rotatable bonds is 20. The molecule has 18 nitrogen and oxygen atoms in total. The Labute approximate surface area is 408 Å². The molecule has 0 spiro atoms. The predicted molar refractivity (Wildman–Crippen MR) is 260 cm³/mol. The zero-order chi connectivity index (χ0) is 48.6. The Balaban J connectivity index is 0.645. The van der Waals surface area contributed by atoms with Crippen LogP contribution < -0.4 is 20.9 Å². The van der Waals surface area contributed by atoms with Crippen LogP contribution in [0.15, 0.2) is 103 Å². The van der Waals surface area contributed by atoms with E-state index >= 15 is 0 Å². The lowest BCUT2D eigenvalue weighted by molar-refractivity contribution is -0.139. The molecule has 9 rings (SSSR count). The van der Waals surface area contributed by atoms with Crippen molar-refractivity contribution in [3.8, 4) is 11.1 Å². The number of fused-ring (bicyclic) bond motifs is 2. The smallest absolute Gasteiger partial charge is 0.259 e. The lowest BCUT2D eigenvalue weighted by atomic mass is 10.00. The summed E-state index contributed by atoms with van der Waals surface area (Å²) < 4.78 is 17.0. The first-order valence-corrected chi connectivity index (χ1v) is 24.3. The van der Waals surface area contributed by atoms with Gasteiger partial charge in [0, 0.05) is 79.8 Å². The van der Waals surface area contributed by atoms with E-state index in [-0.39, 0.29) is 37.0 Å². The largest absolute Gasteiger partial charge is 0.382 e. The summed E-state index contributed by atoms with van der Waals surface area (Å²) in [5.74, 6) is -1.94. The van der Waals surface area contributed by atoms with Gasteiger partial charge in [0.15, 0.2) is 11.4 Å². The Morgan fingerprint density at radius 1 is 0.814 bits per heavy atom. The van der Waals surface area contributed by atoms with Gasteiger partial charge in [0.05, 0.1) is 51.6 Å². The van der Waals surface area contributed by atoms with E-state index in [1.165, 1.54) is 11.3 Å². The molecular weight excluding hydrogens is 917 g/mol. The number of piperidine rings is 1. The second-order valence-electron chi connectivity index (χ2n) is 17.2. The van der Waals surface area contributed by atoms with Crippen LogP contribution in [0.4, 0.5) is 16.5 Å². The highest BCUT2D eigenvalue weighted by Crippen LogP contribution is 2.39. The number of aromatic nitrogens is 1. The van der Waals surface area contributed by atoms with Crippen molar-refractivity contribution in [2.24, 2.45) is 0 Å². The number of ether oxygens (including phenoxy) is 3. The van der Waals surface area contributed by atoms with E-state index < -0.39 is 36.0 Å². The molecule has 4 aromatic carbocycles. The number of aliphatic hydroxyl groups excluding tert-OH is 1. The predicted octanol–water partition coefficient (Wildman–Crippen LogP) is 4.60. The molecule has 0 bridgehead atoms. The van der Waals surface area contributed by atoms with Crippen LogP contribution in [0, 0.1) is 0 Å². The molecule has 364 valence electrons. The van der Waals surface area contributed by atoms with Crippen molar-refractivity contribution in [1.29, 1.82) is 0 Å². The van der Waals surface area contributed by atoms with Crippen LogP contribution >= 0.6 is 11.3 Å². The van der Waals surface area contributed by atoms with Crippen LogP contribution in [0.5, 0.6) is 0 Å². The second kappa shape index (κ2) is 22.2. The monoisotopic (exact) mass is 970 g/mol. The molecule has 4 N–H and O–H groups in total. The lowest BCUT2D eigenvalue weighted by Crippen LogP contribution is -2.53. The average Bonchev–Trinajstić information content (AvgIpc) is 4.08. The van der Waals surface area contributed by atoms with Crippen LogP contribution in [0.3, 0.4) is 0 Å². The molecule has 2 saturated heterocycles. The van der Waals surface area contributed by atoms with E-state index in [1.54, 1.807) is 34.7 Å². The van der Waals surface area contributed by atoms with E-state index in [0.717, 1.165) is 32.8 Å². The van der Waals surface area contributed by atoms with Crippen molar-refractivity contribution in [3.63, 3.8) is 0 Å². The zero-order valence-electron chi connectivity index (χ0n) is 38.4. The average molecular weight is 971 g/mol. The van der Waals surface area contributed by atoms with Gasteiger partial charge in [-0.15, -0.1) is 11.3 Å². The van der Waals surface area contributed by atoms with E-state index in [4.69, 9.17) is 14.2 Å². The number of piperazine rings is 1. The highest BCUT2D eigenvalue weighted by atomic mass is 32.1. The molecular formula is C51H54N8O10S. The fraction of sp³-hybridized carbons (Fsp3) is 0.353. The molecule has 2 fully saturated rings. The summed E-state index contributed by atoms with van der Waals surface area (Å²) in [5.41, 5.74) is 6.30. The van der Waals surface area contributed by atoms with Crippen LogP contribution in [-0.2, 0) is 39.9 Å². The van der Waals surface area contributed by atoms with E-state index in [2.05, 4.69) is 38.0 Å². The molecule has 4 aliphatic heterocycles. The standard InChI is InChI=1S/C51H54N8O10S/c60-42-16-15-41(46(62)54-42)59-49(65)38-7-4-8-40(44(38)50(59)66)52-18-25-68-27-29-69-28-26-67-24-17-43(61)57-22-20-56(21-23-57)37-13-11-33(12-14-37)35-9-10-36-32-58(48(64)39(36)31-35)45(34-5-2-1-3-6-34)47(63)55-51-53-19-30-70-51/h1-14,19,30-31,41,45,49,52,65H,15-18,20-29,32H2,(H,53,55,63)(H,54,60,62). The highest BCUT2D eigenvalue weighted by Gasteiger charge is 2.45. The first-order chi connectivity index (χ1) is 34.1. The van der Waals surface area contributed by atoms with Gasteiger partial charge in [-0.1, -0.05) is 66.7 Å². The molecule has 0 saturated carbocycles. The van der Waals surface area contributed by atoms with Crippen molar-refractivity contribution in [2.75, 3.05) is 87.9 Å². The quantitative estimate of drug-likeness (QED) is 0.0622. The number of carbonyl (C=O) groups is 6. The summed E-state index contributed by atoms with van der Waals surface area (Å²) in [4.78, 5) is 89.0. The Bertz CT molecular complexity index is 2700. The summed E-state index contributed by atoms with van der Waals surface area (Å²) >= 11 is 1.32. The lowest BCUT2D eigenvalue weighted by Gasteiger charge is -2.36. The maximum atomic E-state index is 14.0. The van der Waals surface area contributed by atoms with Gasteiger partial charge in [0.25, 0.3) is 17.7 Å². The zero-order valence-corrected chi connectivity index (χ0v) is 39.2. The van der Waals surface area contributed by atoms with Gasteiger partial charge in [-0.2, -0.15) is 0 Å². The molecule has 1 aromatic heterocycles. The van der Waals surface area contributed by atoms with E-state index in [9.17, 15) is 33.9 Å². The fourth-order valence-electron chi connectivity index (χ4n) is 9.30. The molecule has 3 unspecified atom stereocenters. The Kier molecular flexibility index (Phi) is 15.2. The second-order valence-corrected chi connectivity index (χ2v) is 18.1. The molecule has 6 amide bonds. The third-order valence-electron chi connectivity index (χ3n) is 12.9. The molecule has 70 heavy (non-hydrogen) atoms. The van der Waals surface area contributed by atoms with Crippen LogP contribution in [0.1, 0.15) is 68.9 Å². The summed E-state index contributed by atoms with van der Waals surface area (Å²) in [6.45, 7) is 5.31. The summed E-state index contributed by atoms with van der Waals surface area (Å²) in [5, 5.41) is 21.5. The Morgan fingerprint density at radius 2 is 1.54 bits per heavy atom. The van der Waals surface area contributed by atoms with Gasteiger partial charge >= 0.3 is 0 Å². The molecule has 5 heterocycles. The van der Waals surface area contributed by atoms with Crippen LogP contribution in [0.2, 0.25) is 0 Å². The van der Waals surface area contributed by atoms with Gasteiger partial charge in [-0.3, -0.25) is 44.3 Å². The number of imide groups is 1. The molecule has 0 radical (unpaired) electrons. The van der Waals surface area contributed by atoms with E-state index in [1.807, 2.05) is 65.6 Å². The van der Waals surface area contributed by atoms with Crippen molar-refractivity contribution < 1.29 is 48.1 Å². The van der Waals surface area contributed by atoms with Crippen molar-refractivity contribution in [3.05, 3.63) is 130 Å². The van der Waals surface area contributed by atoms with Gasteiger partial charge in [-0.05, 0) is 52.9 Å². The number of anilines is 3. The molecule has 0 aliphatic carbocycles. The third-order valence-corrected chi connectivity index (χ3v) is 13.6. The number of hydrogen-bond donors (Lipinski definition) is 4. The maximum absolute atomic E-state index is 14.0. The minimum Gasteiger partial charge on any atom is -0.382 e. The van der Waals surface area contributed by atoms with Crippen molar-refractivity contribution >= 4 is 63.3 Å². The van der Waals surface area contributed by atoms with Crippen LogP contribution in [-0.4, -0.2) is 139 Å². The number of hydrogen-bond acceptors (Lipinski definition) is 14. The minimum atomic E-state index is -1.29. The van der Waals surface area contributed by atoms with Gasteiger partial charge in [0.1, 0.15) is 12.1 Å². The number of amides is 6. The normalized spacial score (nSPS) is 18.2. The van der Waals surface area contributed by atoms with Gasteiger partial charge < -0.3 is 39.3 Å². The number of carbonyl (C=O) groups excluding carboxylic acids is 6. The SMILES string of the molecule is O=C1CCC(N2C(=O)c3c(NCCOCCOCCOCCC(=O)N4CCN(c5ccc(-c6ccc7c(c6)C(=O)N(C(C(=O)Nc6nccs6)c6ccccc6)C7)cc5)CC4)cccc3C2O)C(=O)N1. The minimum absolute atomic E-state index is 0.0468. The molecule has 4 aliphatic rings. The first-order valence-electron chi connectivity index (χ1n) is 23.4. The summed E-state index contributed by atoms with van der Waals surface area (Å²) in [6.07, 6.45) is 0.856. The molecule has 3 atom stereocenters. The maximum Gasteiger partial charge on any atom is 0.259 e. The number of aliphatic hydroxyl groups is 1. The van der Waals surface area contributed by atoms with E-state index in [0.29, 0.717) is 106 Å².